The molecular formula is C32H46O9. The van der Waals surface area contributed by atoms with Crippen molar-refractivity contribution in [3.8, 4) is 0 Å². The van der Waals surface area contributed by atoms with Gasteiger partial charge in [0, 0.05) is 16.7 Å². The van der Waals surface area contributed by atoms with Gasteiger partial charge in [-0.2, -0.15) is 0 Å². The number of carbonyl (C=O) groups is 4. The maximum Gasteiger partial charge on any atom is 0.509 e. The normalized spacial score (nSPS) is 36.4. The summed E-state index contributed by atoms with van der Waals surface area (Å²) in [5.41, 5.74) is -1.99. The number of rotatable bonds is 9. The van der Waals surface area contributed by atoms with E-state index in [1.54, 1.807) is 12.2 Å². The molecule has 4 aliphatic carbocycles. The first-order valence-electron chi connectivity index (χ1n) is 15.1. The van der Waals surface area contributed by atoms with Gasteiger partial charge in [-0.15, -0.1) is 0 Å². The van der Waals surface area contributed by atoms with E-state index in [0.717, 1.165) is 24.8 Å². The van der Waals surface area contributed by atoms with Crippen LogP contribution in [-0.4, -0.2) is 60.5 Å². The minimum atomic E-state index is -1.64. The first-order valence-corrected chi connectivity index (χ1v) is 15.1. The molecule has 0 heterocycles. The van der Waals surface area contributed by atoms with Gasteiger partial charge in [0.25, 0.3) is 0 Å². The Morgan fingerprint density at radius 3 is 2.44 bits per heavy atom. The van der Waals surface area contributed by atoms with Crippen molar-refractivity contribution >= 4 is 23.9 Å². The van der Waals surface area contributed by atoms with Gasteiger partial charge in [-0.05, 0) is 67.9 Å². The summed E-state index contributed by atoms with van der Waals surface area (Å²) >= 11 is 0. The van der Waals surface area contributed by atoms with Crippen molar-refractivity contribution < 1.29 is 43.2 Å². The standard InChI is InChI=1S/C32H46O9/c1-7-20(4)17-39-29(37)41-32(26(35)18-40-28(36)38-16-19(2)3)13-11-24-23-9-8-21-14-22(33)10-12-30(21,5)27(23)25(34)15-31(24,32)6/h10,12,14,19-20,23-25,27,34H,7-9,11,13,15-18H2,1-6H3/t20?,23-,24-,25?,27+,30-,31-,32-/m0/s1. The van der Waals surface area contributed by atoms with Crippen LogP contribution in [0, 0.1) is 40.4 Å². The monoisotopic (exact) mass is 574 g/mol. The number of ether oxygens (including phenoxy) is 4. The van der Waals surface area contributed by atoms with E-state index in [9.17, 15) is 24.3 Å². The van der Waals surface area contributed by atoms with Gasteiger partial charge in [0.2, 0.25) is 5.78 Å². The van der Waals surface area contributed by atoms with E-state index in [2.05, 4.69) is 6.92 Å². The highest BCUT2D eigenvalue weighted by Crippen LogP contribution is 2.68. The van der Waals surface area contributed by atoms with Crippen LogP contribution >= 0.6 is 0 Å². The predicted octanol–water partition coefficient (Wildman–Crippen LogP) is 5.58. The third kappa shape index (κ3) is 5.71. The zero-order valence-corrected chi connectivity index (χ0v) is 25.3. The lowest BCUT2D eigenvalue weighted by atomic mass is 9.46. The van der Waals surface area contributed by atoms with E-state index >= 15 is 0 Å². The summed E-state index contributed by atoms with van der Waals surface area (Å²) in [6.45, 7) is 11.4. The van der Waals surface area contributed by atoms with Gasteiger partial charge in [-0.1, -0.05) is 59.6 Å². The molecule has 2 unspecified atom stereocenters. The van der Waals surface area contributed by atoms with Crippen molar-refractivity contribution in [3.63, 3.8) is 0 Å². The Bertz CT molecular complexity index is 1110. The fourth-order valence-electron chi connectivity index (χ4n) is 8.01. The zero-order valence-electron chi connectivity index (χ0n) is 25.3. The molecule has 9 nitrogen and oxygen atoms in total. The molecule has 4 rings (SSSR count). The van der Waals surface area contributed by atoms with Gasteiger partial charge in [-0.25, -0.2) is 9.59 Å². The fraction of sp³-hybridized carbons (Fsp3) is 0.750. The van der Waals surface area contributed by atoms with Crippen LogP contribution in [0.25, 0.3) is 0 Å². The topological polar surface area (TPSA) is 125 Å². The molecule has 1 N–H and O–H groups in total. The van der Waals surface area contributed by atoms with E-state index in [1.165, 1.54) is 0 Å². The molecule has 0 saturated heterocycles. The predicted molar refractivity (Wildman–Crippen MR) is 150 cm³/mol. The van der Waals surface area contributed by atoms with Crippen molar-refractivity contribution in [1.29, 1.82) is 0 Å². The molecule has 0 aromatic carbocycles. The summed E-state index contributed by atoms with van der Waals surface area (Å²) in [6.07, 6.45) is 5.85. The molecule has 0 amide bonds. The molecule has 9 heteroatoms. The molecule has 8 atom stereocenters. The Balaban J connectivity index is 1.63. The number of ketones is 2. The van der Waals surface area contributed by atoms with Crippen molar-refractivity contribution in [3.05, 3.63) is 23.8 Å². The minimum Gasteiger partial charge on any atom is -0.434 e. The number of Topliss-reactive ketones (excluding diaryl/α,β-unsaturated/α-hetero) is 1. The third-order valence-corrected chi connectivity index (χ3v) is 10.4. The van der Waals surface area contributed by atoms with E-state index < -0.39 is 47.2 Å². The molecule has 3 fully saturated rings. The summed E-state index contributed by atoms with van der Waals surface area (Å²) in [7, 11) is 0. The number of hydrogen-bond donors (Lipinski definition) is 1. The van der Waals surface area contributed by atoms with Gasteiger partial charge in [0.1, 0.15) is 0 Å². The van der Waals surface area contributed by atoms with Crippen molar-refractivity contribution in [2.45, 2.75) is 91.8 Å². The van der Waals surface area contributed by atoms with Gasteiger partial charge < -0.3 is 24.1 Å². The largest absolute Gasteiger partial charge is 0.509 e. The Morgan fingerprint density at radius 2 is 1.76 bits per heavy atom. The highest BCUT2D eigenvalue weighted by atomic mass is 16.7. The molecule has 0 aliphatic heterocycles. The Hall–Kier alpha value is -2.68. The van der Waals surface area contributed by atoms with Crippen LogP contribution in [-0.2, 0) is 28.5 Å². The van der Waals surface area contributed by atoms with Gasteiger partial charge in [-0.3, -0.25) is 9.59 Å². The highest BCUT2D eigenvalue weighted by Gasteiger charge is 2.70. The number of aliphatic hydroxyl groups excluding tert-OH is 1. The average Bonchev–Trinajstić information content (AvgIpc) is 3.21. The molecule has 4 aliphatic rings. The van der Waals surface area contributed by atoms with Crippen molar-refractivity contribution in [2.24, 2.45) is 40.4 Å². The second-order valence-corrected chi connectivity index (χ2v) is 13.4. The number of allylic oxidation sites excluding steroid dienone is 4. The first-order chi connectivity index (χ1) is 19.3. The molecule has 41 heavy (non-hydrogen) atoms. The highest BCUT2D eigenvalue weighted by molar-refractivity contribution is 6.01. The van der Waals surface area contributed by atoms with Gasteiger partial charge >= 0.3 is 12.3 Å². The van der Waals surface area contributed by atoms with E-state index in [4.69, 9.17) is 18.9 Å². The maximum absolute atomic E-state index is 14.0. The number of carbonyl (C=O) groups excluding carboxylic acids is 4. The molecular weight excluding hydrogens is 528 g/mol. The average molecular weight is 575 g/mol. The van der Waals surface area contributed by atoms with E-state index in [-0.39, 0.29) is 61.4 Å². The zero-order chi connectivity index (χ0) is 30.2. The summed E-state index contributed by atoms with van der Waals surface area (Å²) in [6, 6.07) is 0. The summed E-state index contributed by atoms with van der Waals surface area (Å²) < 4.78 is 21.7. The fourth-order valence-corrected chi connectivity index (χ4v) is 8.01. The lowest BCUT2D eigenvalue weighted by Gasteiger charge is -2.59. The Kier molecular flexibility index (Phi) is 9.07. The summed E-state index contributed by atoms with van der Waals surface area (Å²) in [5, 5.41) is 11.7. The minimum absolute atomic E-state index is 0.0345. The quantitative estimate of drug-likeness (QED) is 0.351. The smallest absolute Gasteiger partial charge is 0.434 e. The van der Waals surface area contributed by atoms with Crippen LogP contribution in [0.2, 0.25) is 0 Å². The maximum atomic E-state index is 14.0. The first kappa shape index (κ1) is 31.3. The molecule has 0 aromatic rings. The second kappa shape index (κ2) is 11.9. The second-order valence-electron chi connectivity index (χ2n) is 13.4. The van der Waals surface area contributed by atoms with E-state index in [1.807, 2.05) is 40.7 Å². The van der Waals surface area contributed by atoms with Crippen molar-refractivity contribution in [2.75, 3.05) is 19.8 Å². The van der Waals surface area contributed by atoms with Gasteiger partial charge in [0.05, 0.1) is 19.3 Å². The van der Waals surface area contributed by atoms with Crippen LogP contribution < -0.4 is 0 Å². The summed E-state index contributed by atoms with van der Waals surface area (Å²) in [4.78, 5) is 51.4. The van der Waals surface area contributed by atoms with Crippen molar-refractivity contribution in [1.82, 2.24) is 0 Å². The third-order valence-electron chi connectivity index (χ3n) is 10.4. The van der Waals surface area contributed by atoms with Crippen LogP contribution in [0.1, 0.15) is 80.1 Å². The molecule has 0 radical (unpaired) electrons. The Morgan fingerprint density at radius 1 is 1.05 bits per heavy atom. The number of aliphatic hydroxyl groups is 1. The summed E-state index contributed by atoms with van der Waals surface area (Å²) in [5.74, 6) is -0.499. The lowest BCUT2D eigenvalue weighted by molar-refractivity contribution is -0.184. The van der Waals surface area contributed by atoms with Crippen LogP contribution in [0.5, 0.6) is 0 Å². The van der Waals surface area contributed by atoms with Crippen LogP contribution in [0.15, 0.2) is 23.8 Å². The SMILES string of the molecule is CCC(C)COC(=O)O[C@]1(C(=O)COC(=O)OCC(C)C)CC[C@H]2[C@@H]3CCC4=CC(=O)C=C[C@]4(C)[C@H]3C(O)C[C@@]21C. The molecule has 0 bridgehead atoms. The molecule has 228 valence electrons. The van der Waals surface area contributed by atoms with E-state index in [0.29, 0.717) is 6.42 Å². The van der Waals surface area contributed by atoms with Crippen LogP contribution in [0.3, 0.4) is 0 Å². The molecule has 0 aromatic heterocycles. The lowest BCUT2D eigenvalue weighted by Crippen LogP contribution is -2.63. The Labute approximate surface area is 243 Å². The van der Waals surface area contributed by atoms with Gasteiger partial charge in [0.15, 0.2) is 18.0 Å². The molecule has 3 saturated carbocycles. The number of fused-ring (bicyclic) bond motifs is 5. The number of hydrogen-bond acceptors (Lipinski definition) is 9. The molecule has 0 spiro atoms. The van der Waals surface area contributed by atoms with Crippen LogP contribution in [0.4, 0.5) is 9.59 Å².